The number of phenolic OH excluding ortho intramolecular Hbond substituents is 1. The summed E-state index contributed by atoms with van der Waals surface area (Å²) in [5.74, 6) is 0.214. The molecule has 3 nitrogen and oxygen atoms in total. The molecule has 0 unspecified atom stereocenters. The number of hydrogen-bond acceptors (Lipinski definition) is 3. The number of fused-ring (bicyclic) bond motifs is 3. The fourth-order valence-corrected chi connectivity index (χ4v) is 3.34. The lowest BCUT2D eigenvalue weighted by atomic mass is 10.0. The molecular weight excluding hydrogens is 322 g/mol. The lowest BCUT2D eigenvalue weighted by Crippen LogP contribution is -1.88. The molecule has 3 heteroatoms. The van der Waals surface area contributed by atoms with Gasteiger partial charge in [-0.25, -0.2) is 4.98 Å². The van der Waals surface area contributed by atoms with Crippen molar-refractivity contribution in [1.82, 2.24) is 4.98 Å². The van der Waals surface area contributed by atoms with Crippen molar-refractivity contribution >= 4 is 22.1 Å². The average Bonchev–Trinajstić information content (AvgIpc) is 3.07. The van der Waals surface area contributed by atoms with Crippen LogP contribution in [-0.4, -0.2) is 10.1 Å². The fourth-order valence-electron chi connectivity index (χ4n) is 3.34. The zero-order chi connectivity index (χ0) is 17.5. The molecule has 5 aromatic rings. The molecule has 124 valence electrons. The number of aromatic nitrogens is 1. The summed E-state index contributed by atoms with van der Waals surface area (Å²) < 4.78 is 6.13. The molecule has 2 heterocycles. The van der Waals surface area contributed by atoms with Crippen LogP contribution in [0.25, 0.3) is 44.5 Å². The Morgan fingerprint density at radius 3 is 2.31 bits per heavy atom. The number of nitrogens with zero attached hydrogens (tertiary/aromatic N) is 1. The third kappa shape index (κ3) is 2.25. The molecule has 3 aromatic carbocycles. The van der Waals surface area contributed by atoms with Crippen molar-refractivity contribution in [3.05, 3.63) is 84.9 Å². The first-order valence-corrected chi connectivity index (χ1v) is 8.47. The van der Waals surface area contributed by atoms with Crippen molar-refractivity contribution < 1.29 is 9.52 Å². The smallest absolute Gasteiger partial charge is 0.161 e. The van der Waals surface area contributed by atoms with Gasteiger partial charge >= 0.3 is 0 Å². The molecule has 0 radical (unpaired) electrons. The predicted octanol–water partition coefficient (Wildman–Crippen LogP) is 6.02. The lowest BCUT2D eigenvalue weighted by Gasteiger charge is -2.08. The summed E-state index contributed by atoms with van der Waals surface area (Å²) in [6.07, 6.45) is 0. The second-order valence-electron chi connectivity index (χ2n) is 6.21. The second-order valence-corrected chi connectivity index (χ2v) is 6.21. The highest BCUT2D eigenvalue weighted by Gasteiger charge is 2.17. The molecule has 0 spiro atoms. The van der Waals surface area contributed by atoms with Gasteiger partial charge in [-0.15, -0.1) is 0 Å². The van der Waals surface area contributed by atoms with Crippen LogP contribution in [0.4, 0.5) is 0 Å². The largest absolute Gasteiger partial charge is 0.507 e. The van der Waals surface area contributed by atoms with Crippen molar-refractivity contribution in [2.75, 3.05) is 0 Å². The van der Waals surface area contributed by atoms with Gasteiger partial charge in [0.15, 0.2) is 5.58 Å². The maximum absolute atomic E-state index is 10.3. The van der Waals surface area contributed by atoms with Gasteiger partial charge < -0.3 is 9.52 Å². The molecule has 0 atom stereocenters. The van der Waals surface area contributed by atoms with E-state index in [0.717, 1.165) is 38.9 Å². The third-order valence-electron chi connectivity index (χ3n) is 4.59. The van der Waals surface area contributed by atoms with Crippen molar-refractivity contribution in [2.45, 2.75) is 0 Å². The second kappa shape index (κ2) is 5.74. The standard InChI is InChI=1S/C23H15NO2/c25-20-12-6-4-10-16(20)19-14-18(15-8-2-1-3-9-15)23-22(24-19)17-11-5-7-13-21(17)26-23/h1-14,25H. The molecule has 0 bridgehead atoms. The van der Waals surface area contributed by atoms with Crippen LogP contribution in [0.1, 0.15) is 0 Å². The Balaban J connectivity index is 1.91. The van der Waals surface area contributed by atoms with Gasteiger partial charge in [0.1, 0.15) is 16.8 Å². The summed E-state index contributed by atoms with van der Waals surface area (Å²) in [4.78, 5) is 4.83. The van der Waals surface area contributed by atoms with Crippen LogP contribution in [-0.2, 0) is 0 Å². The van der Waals surface area contributed by atoms with Crippen LogP contribution >= 0.6 is 0 Å². The lowest BCUT2D eigenvalue weighted by molar-refractivity contribution is 0.477. The number of benzene rings is 3. The van der Waals surface area contributed by atoms with Crippen LogP contribution in [0.2, 0.25) is 0 Å². The quantitative estimate of drug-likeness (QED) is 0.428. The van der Waals surface area contributed by atoms with Gasteiger partial charge in [-0.3, -0.25) is 0 Å². The van der Waals surface area contributed by atoms with E-state index in [4.69, 9.17) is 9.40 Å². The fraction of sp³-hybridized carbons (Fsp3) is 0. The van der Waals surface area contributed by atoms with E-state index in [9.17, 15) is 5.11 Å². The Kier molecular flexibility index (Phi) is 3.25. The normalized spacial score (nSPS) is 11.2. The first kappa shape index (κ1) is 14.7. The van der Waals surface area contributed by atoms with Gasteiger partial charge in [0, 0.05) is 16.5 Å². The van der Waals surface area contributed by atoms with Crippen LogP contribution in [0.5, 0.6) is 5.75 Å². The first-order chi connectivity index (χ1) is 12.8. The summed E-state index contributed by atoms with van der Waals surface area (Å²) in [7, 11) is 0. The number of aromatic hydroxyl groups is 1. The maximum atomic E-state index is 10.3. The Hall–Kier alpha value is -3.59. The molecule has 0 aliphatic rings. The average molecular weight is 337 g/mol. The van der Waals surface area contributed by atoms with E-state index in [2.05, 4.69) is 12.1 Å². The van der Waals surface area contributed by atoms with Gasteiger partial charge in [-0.1, -0.05) is 54.6 Å². The number of pyridine rings is 1. The summed E-state index contributed by atoms with van der Waals surface area (Å²) in [6.45, 7) is 0. The molecule has 0 aliphatic heterocycles. The summed E-state index contributed by atoms with van der Waals surface area (Å²) in [5, 5.41) is 11.3. The van der Waals surface area contributed by atoms with E-state index in [1.54, 1.807) is 6.07 Å². The van der Waals surface area contributed by atoms with E-state index >= 15 is 0 Å². The Morgan fingerprint density at radius 2 is 1.46 bits per heavy atom. The predicted molar refractivity (Wildman–Crippen MR) is 104 cm³/mol. The molecule has 0 saturated heterocycles. The number of phenols is 1. The van der Waals surface area contributed by atoms with E-state index in [0.29, 0.717) is 5.56 Å². The topological polar surface area (TPSA) is 46.3 Å². The van der Waals surface area contributed by atoms with Crippen molar-refractivity contribution in [3.8, 4) is 28.1 Å². The van der Waals surface area contributed by atoms with Gasteiger partial charge in [0.25, 0.3) is 0 Å². The van der Waals surface area contributed by atoms with E-state index < -0.39 is 0 Å². The molecule has 5 rings (SSSR count). The number of hydrogen-bond donors (Lipinski definition) is 1. The first-order valence-electron chi connectivity index (χ1n) is 8.47. The van der Waals surface area contributed by atoms with E-state index in [1.165, 1.54) is 0 Å². The number of furan rings is 1. The summed E-state index contributed by atoms with van der Waals surface area (Å²) in [5.41, 5.74) is 5.82. The molecule has 0 aliphatic carbocycles. The van der Waals surface area contributed by atoms with Gasteiger partial charge in [0.05, 0.1) is 5.69 Å². The van der Waals surface area contributed by atoms with Crippen molar-refractivity contribution in [1.29, 1.82) is 0 Å². The van der Waals surface area contributed by atoms with Crippen molar-refractivity contribution in [2.24, 2.45) is 0 Å². The zero-order valence-corrected chi connectivity index (χ0v) is 13.9. The van der Waals surface area contributed by atoms with Gasteiger partial charge in [-0.2, -0.15) is 0 Å². The monoisotopic (exact) mass is 337 g/mol. The summed E-state index contributed by atoms with van der Waals surface area (Å²) >= 11 is 0. The van der Waals surface area contributed by atoms with Crippen LogP contribution in [0, 0.1) is 0 Å². The molecule has 1 N–H and O–H groups in total. The highest BCUT2D eigenvalue weighted by molar-refractivity contribution is 6.08. The van der Waals surface area contributed by atoms with Crippen LogP contribution in [0.15, 0.2) is 89.3 Å². The molecule has 0 saturated carbocycles. The van der Waals surface area contributed by atoms with E-state index in [1.807, 2.05) is 66.7 Å². The Morgan fingerprint density at radius 1 is 0.731 bits per heavy atom. The van der Waals surface area contributed by atoms with Gasteiger partial charge in [0.2, 0.25) is 0 Å². The third-order valence-corrected chi connectivity index (χ3v) is 4.59. The highest BCUT2D eigenvalue weighted by atomic mass is 16.3. The maximum Gasteiger partial charge on any atom is 0.161 e. The SMILES string of the molecule is Oc1ccccc1-c1cc(-c2ccccc2)c2oc3ccccc3c2n1. The molecule has 0 fully saturated rings. The van der Waals surface area contributed by atoms with Crippen LogP contribution in [0.3, 0.4) is 0 Å². The molecular formula is C23H15NO2. The zero-order valence-electron chi connectivity index (χ0n) is 13.9. The highest BCUT2D eigenvalue weighted by Crippen LogP contribution is 2.38. The van der Waals surface area contributed by atoms with E-state index in [-0.39, 0.29) is 5.75 Å². The minimum atomic E-state index is 0.214. The number of para-hydroxylation sites is 2. The Bertz CT molecular complexity index is 1240. The minimum absolute atomic E-state index is 0.214. The van der Waals surface area contributed by atoms with Gasteiger partial charge in [-0.05, 0) is 35.9 Å². The number of rotatable bonds is 2. The summed E-state index contributed by atoms with van der Waals surface area (Å²) in [6, 6.07) is 27.2. The molecule has 0 amide bonds. The van der Waals surface area contributed by atoms with Crippen molar-refractivity contribution in [3.63, 3.8) is 0 Å². The molecule has 2 aromatic heterocycles. The molecule has 26 heavy (non-hydrogen) atoms. The Labute approximate surface area is 150 Å². The minimum Gasteiger partial charge on any atom is -0.507 e. The van der Waals surface area contributed by atoms with Crippen LogP contribution < -0.4 is 0 Å².